The first kappa shape index (κ1) is 9.66. The average Bonchev–Trinajstić information content (AvgIpc) is 2.17. The minimum absolute atomic E-state index is 0.532. The van der Waals surface area contributed by atoms with Crippen molar-refractivity contribution in [3.63, 3.8) is 0 Å². The van der Waals surface area contributed by atoms with Crippen molar-refractivity contribution in [3.05, 3.63) is 30.3 Å². The Morgan fingerprint density at radius 1 is 1.42 bits per heavy atom. The quantitative estimate of drug-likeness (QED) is 0.704. The number of rotatable bonds is 3. The van der Waals surface area contributed by atoms with Gasteiger partial charge < -0.3 is 10.00 Å². The third kappa shape index (κ3) is 2.28. The third-order valence-corrected chi connectivity index (χ3v) is 3.36. The predicted molar refractivity (Wildman–Crippen MR) is 49.3 cm³/mol. The van der Waals surface area contributed by atoms with E-state index in [4.69, 9.17) is 0 Å². The van der Waals surface area contributed by atoms with Gasteiger partial charge in [0, 0.05) is 0 Å². The van der Waals surface area contributed by atoms with Crippen molar-refractivity contribution in [2.75, 3.05) is 0 Å². The molecule has 2 nitrogen and oxygen atoms in total. The molecule has 0 bridgehead atoms. The van der Waals surface area contributed by atoms with Crippen molar-refractivity contribution in [2.45, 2.75) is 19.2 Å². The summed E-state index contributed by atoms with van der Waals surface area (Å²) >= 11 is 0. The smallest absolute Gasteiger partial charge is 0.0624 e. The SMILES string of the molecule is CCC(O)P([O-])c1ccccc1. The molecule has 0 saturated carbocycles. The van der Waals surface area contributed by atoms with Crippen LogP contribution < -0.4 is 10.2 Å². The molecule has 0 aromatic heterocycles. The van der Waals surface area contributed by atoms with E-state index in [2.05, 4.69) is 0 Å². The molecule has 2 unspecified atom stereocenters. The summed E-state index contributed by atoms with van der Waals surface area (Å²) in [5, 5.41) is 10.0. The fourth-order valence-electron chi connectivity index (χ4n) is 0.913. The van der Waals surface area contributed by atoms with Gasteiger partial charge in [-0.25, -0.2) is 0 Å². The van der Waals surface area contributed by atoms with E-state index in [-0.39, 0.29) is 0 Å². The molecule has 12 heavy (non-hydrogen) atoms. The van der Waals surface area contributed by atoms with Crippen LogP contribution in [0.15, 0.2) is 30.3 Å². The summed E-state index contributed by atoms with van der Waals surface area (Å²) < 4.78 is 0. The first-order valence-corrected chi connectivity index (χ1v) is 5.28. The lowest BCUT2D eigenvalue weighted by molar-refractivity contribution is -0.163. The van der Waals surface area contributed by atoms with Crippen molar-refractivity contribution in [1.29, 1.82) is 0 Å². The Labute approximate surface area is 73.7 Å². The second-order valence-corrected chi connectivity index (χ2v) is 4.31. The molecule has 0 spiro atoms. The lowest BCUT2D eigenvalue weighted by atomic mass is 10.4. The zero-order chi connectivity index (χ0) is 8.97. The van der Waals surface area contributed by atoms with E-state index in [9.17, 15) is 10.00 Å². The Balaban J connectivity index is 2.71. The maximum atomic E-state index is 11.5. The van der Waals surface area contributed by atoms with Gasteiger partial charge in [0.1, 0.15) is 0 Å². The Bertz CT molecular complexity index is 225. The van der Waals surface area contributed by atoms with Gasteiger partial charge in [-0.2, -0.15) is 0 Å². The van der Waals surface area contributed by atoms with Crippen molar-refractivity contribution >= 4 is 13.5 Å². The van der Waals surface area contributed by atoms with Gasteiger partial charge in [-0.3, -0.25) is 0 Å². The zero-order valence-corrected chi connectivity index (χ0v) is 7.87. The van der Waals surface area contributed by atoms with E-state index in [1.54, 1.807) is 12.1 Å². The summed E-state index contributed by atoms with van der Waals surface area (Å²) in [5.41, 5.74) is 0. The molecule has 1 N–H and O–H groups in total. The number of aliphatic hydroxyl groups excluding tert-OH is 1. The monoisotopic (exact) mass is 183 g/mol. The normalized spacial score (nSPS) is 15.6. The van der Waals surface area contributed by atoms with E-state index in [1.807, 2.05) is 25.1 Å². The van der Waals surface area contributed by atoms with Crippen LogP contribution in [0.1, 0.15) is 13.3 Å². The maximum absolute atomic E-state index is 11.5. The van der Waals surface area contributed by atoms with Gasteiger partial charge in [0.15, 0.2) is 0 Å². The van der Waals surface area contributed by atoms with Gasteiger partial charge in [-0.1, -0.05) is 37.3 Å². The van der Waals surface area contributed by atoms with Crippen LogP contribution in [0.2, 0.25) is 0 Å². The van der Waals surface area contributed by atoms with Crippen molar-refractivity contribution in [2.24, 2.45) is 0 Å². The molecule has 0 radical (unpaired) electrons. The summed E-state index contributed by atoms with van der Waals surface area (Å²) in [4.78, 5) is 11.5. The minimum atomic E-state index is -1.63. The molecule has 1 aromatic carbocycles. The lowest BCUT2D eigenvalue weighted by Crippen LogP contribution is -2.20. The molecule has 0 saturated heterocycles. The van der Waals surface area contributed by atoms with Gasteiger partial charge in [0.2, 0.25) is 0 Å². The molecule has 0 aliphatic rings. The molecule has 0 amide bonds. The summed E-state index contributed by atoms with van der Waals surface area (Å²) in [6.45, 7) is 1.82. The molecule has 0 aliphatic heterocycles. The van der Waals surface area contributed by atoms with Gasteiger partial charge in [-0.05, 0) is 11.7 Å². The van der Waals surface area contributed by atoms with Crippen LogP contribution in [-0.4, -0.2) is 11.0 Å². The second-order valence-electron chi connectivity index (χ2n) is 2.55. The third-order valence-electron chi connectivity index (χ3n) is 1.65. The summed E-state index contributed by atoms with van der Waals surface area (Å²) in [6, 6.07) is 9.07. The van der Waals surface area contributed by atoms with Crippen molar-refractivity contribution < 1.29 is 10.00 Å². The molecule has 3 heteroatoms. The highest BCUT2D eigenvalue weighted by Crippen LogP contribution is 2.30. The Kier molecular flexibility index (Phi) is 3.67. The van der Waals surface area contributed by atoms with Gasteiger partial charge in [0.25, 0.3) is 0 Å². The topological polar surface area (TPSA) is 43.3 Å². The van der Waals surface area contributed by atoms with E-state index in [0.717, 1.165) is 5.30 Å². The van der Waals surface area contributed by atoms with Gasteiger partial charge >= 0.3 is 0 Å². The molecule has 0 heterocycles. The first-order valence-electron chi connectivity index (χ1n) is 3.95. The molecular formula is C9H12O2P-. The fourth-order valence-corrected chi connectivity index (χ4v) is 2.05. The maximum Gasteiger partial charge on any atom is 0.0624 e. The molecule has 0 aliphatic carbocycles. The van der Waals surface area contributed by atoms with Crippen LogP contribution >= 0.6 is 8.15 Å². The first-order chi connectivity index (χ1) is 5.75. The van der Waals surface area contributed by atoms with E-state index < -0.39 is 14.0 Å². The molecule has 66 valence electrons. The van der Waals surface area contributed by atoms with E-state index in [0.29, 0.717) is 6.42 Å². The lowest BCUT2D eigenvalue weighted by Gasteiger charge is -2.28. The molecule has 1 aromatic rings. The summed E-state index contributed by atoms with van der Waals surface area (Å²) in [5.74, 6) is -0.706. The van der Waals surface area contributed by atoms with E-state index >= 15 is 0 Å². The number of hydrogen-bond donors (Lipinski definition) is 1. The van der Waals surface area contributed by atoms with Gasteiger partial charge in [0.05, 0.1) is 5.85 Å². The fraction of sp³-hybridized carbons (Fsp3) is 0.333. The van der Waals surface area contributed by atoms with Crippen LogP contribution in [0.3, 0.4) is 0 Å². The van der Waals surface area contributed by atoms with Crippen LogP contribution in [0.5, 0.6) is 0 Å². The Hall–Kier alpha value is -0.430. The second kappa shape index (κ2) is 4.56. The highest BCUT2D eigenvalue weighted by Gasteiger charge is 2.05. The standard InChI is InChI=1S/C9H12O2P/c1-2-9(10)12(11)8-6-4-3-5-7-8/h3-7,9-10H,2H2,1H3/q-1. The Morgan fingerprint density at radius 3 is 2.50 bits per heavy atom. The van der Waals surface area contributed by atoms with Crippen LogP contribution in [0, 0.1) is 0 Å². The van der Waals surface area contributed by atoms with Crippen LogP contribution in [0.25, 0.3) is 0 Å². The summed E-state index contributed by atoms with van der Waals surface area (Å²) in [6.07, 6.45) is 0.532. The number of aliphatic hydroxyl groups is 1. The highest BCUT2D eigenvalue weighted by molar-refractivity contribution is 7.59. The molecular weight excluding hydrogens is 171 g/mol. The zero-order valence-electron chi connectivity index (χ0n) is 6.97. The predicted octanol–water partition coefficient (Wildman–Crippen LogP) is 0.798. The highest BCUT2D eigenvalue weighted by atomic mass is 31.1. The summed E-state index contributed by atoms with van der Waals surface area (Å²) in [7, 11) is -1.63. The van der Waals surface area contributed by atoms with Crippen LogP contribution in [-0.2, 0) is 0 Å². The minimum Gasteiger partial charge on any atom is -0.824 e. The number of hydrogen-bond acceptors (Lipinski definition) is 2. The number of benzene rings is 1. The van der Waals surface area contributed by atoms with Crippen molar-refractivity contribution in [3.8, 4) is 0 Å². The molecule has 2 atom stereocenters. The average molecular weight is 183 g/mol. The Morgan fingerprint density at radius 2 is 2.00 bits per heavy atom. The molecule has 0 fully saturated rings. The van der Waals surface area contributed by atoms with Gasteiger partial charge in [-0.15, -0.1) is 8.15 Å². The van der Waals surface area contributed by atoms with Crippen molar-refractivity contribution in [1.82, 2.24) is 0 Å². The molecule has 1 rings (SSSR count). The largest absolute Gasteiger partial charge is 0.824 e. The van der Waals surface area contributed by atoms with Crippen LogP contribution in [0.4, 0.5) is 0 Å². The van der Waals surface area contributed by atoms with E-state index in [1.165, 1.54) is 0 Å².